The number of piperazine rings is 1. The third kappa shape index (κ3) is 6.51. The van der Waals surface area contributed by atoms with Gasteiger partial charge in [0.15, 0.2) is 0 Å². The number of hydrogen-bond donors (Lipinski definition) is 0. The van der Waals surface area contributed by atoms with E-state index < -0.39 is 5.79 Å². The summed E-state index contributed by atoms with van der Waals surface area (Å²) in [6, 6.07) is 9.27. The summed E-state index contributed by atoms with van der Waals surface area (Å²) in [6.07, 6.45) is 4.59. The molecule has 2 aliphatic rings. The fourth-order valence-electron chi connectivity index (χ4n) is 5.10. The van der Waals surface area contributed by atoms with Crippen LogP contribution in [0.2, 0.25) is 15.1 Å². The number of halogens is 3. The summed E-state index contributed by atoms with van der Waals surface area (Å²) in [5, 5.41) is 1.52. The van der Waals surface area contributed by atoms with Crippen molar-refractivity contribution in [1.82, 2.24) is 19.4 Å². The summed E-state index contributed by atoms with van der Waals surface area (Å²) < 4.78 is 25.6. The van der Waals surface area contributed by atoms with Crippen LogP contribution in [0.3, 0.4) is 0 Å². The van der Waals surface area contributed by atoms with Gasteiger partial charge >= 0.3 is 6.09 Å². The van der Waals surface area contributed by atoms with Crippen molar-refractivity contribution in [1.29, 1.82) is 0 Å². The summed E-state index contributed by atoms with van der Waals surface area (Å²) in [6.45, 7) is 6.40. The number of imidazole rings is 1. The van der Waals surface area contributed by atoms with Crippen molar-refractivity contribution in [2.45, 2.75) is 31.9 Å². The standard InChI is InChI=1S/C28H31Cl3N4O5/c1-19-11-20(14-33-7-9-35(10-8-33)27(36)37-2)12-25(31)26(19)38-15-22-16-39-28(40-22,17-34-6-5-32-18-34)23-4-3-21(29)13-24(23)30/h3-6,11-13,18,22H,7-10,14-17H2,1-2H3. The number of aromatic nitrogens is 2. The van der Waals surface area contributed by atoms with Crippen LogP contribution in [0.1, 0.15) is 16.7 Å². The van der Waals surface area contributed by atoms with Gasteiger partial charge in [-0.05, 0) is 36.2 Å². The van der Waals surface area contributed by atoms with Crippen LogP contribution in [0.25, 0.3) is 0 Å². The summed E-state index contributed by atoms with van der Waals surface area (Å²) in [7, 11) is 1.40. The molecule has 9 nitrogen and oxygen atoms in total. The zero-order valence-corrected chi connectivity index (χ0v) is 24.6. The lowest BCUT2D eigenvalue weighted by Crippen LogP contribution is -2.48. The average Bonchev–Trinajstić information content (AvgIpc) is 3.59. The molecule has 0 spiro atoms. The molecule has 2 aromatic carbocycles. The van der Waals surface area contributed by atoms with Crippen LogP contribution in [0.15, 0.2) is 49.1 Å². The Labute approximate surface area is 248 Å². The Morgan fingerprint density at radius 1 is 1.12 bits per heavy atom. The van der Waals surface area contributed by atoms with Gasteiger partial charge in [0, 0.05) is 55.7 Å². The van der Waals surface area contributed by atoms with Crippen LogP contribution in [0.4, 0.5) is 4.79 Å². The molecule has 1 aromatic heterocycles. The molecule has 2 atom stereocenters. The molecule has 2 unspecified atom stereocenters. The van der Waals surface area contributed by atoms with Crippen LogP contribution in [-0.2, 0) is 33.1 Å². The number of rotatable bonds is 8. The highest BCUT2D eigenvalue weighted by Crippen LogP contribution is 2.41. The smallest absolute Gasteiger partial charge is 0.409 e. The van der Waals surface area contributed by atoms with Gasteiger partial charge in [-0.1, -0.05) is 46.9 Å². The molecule has 0 radical (unpaired) electrons. The maximum Gasteiger partial charge on any atom is 0.409 e. The molecule has 2 saturated heterocycles. The summed E-state index contributed by atoms with van der Waals surface area (Å²) in [5.41, 5.74) is 2.69. The normalized spacial score (nSPS) is 21.5. The number of hydrogen-bond acceptors (Lipinski definition) is 7. The van der Waals surface area contributed by atoms with Crippen molar-refractivity contribution in [3.05, 3.63) is 80.8 Å². The first kappa shape index (κ1) is 29.0. The van der Waals surface area contributed by atoms with E-state index in [0.717, 1.165) is 30.8 Å². The first-order valence-corrected chi connectivity index (χ1v) is 14.1. The van der Waals surface area contributed by atoms with Crippen molar-refractivity contribution < 1.29 is 23.7 Å². The quantitative estimate of drug-likeness (QED) is 0.339. The molecular weight excluding hydrogens is 579 g/mol. The van der Waals surface area contributed by atoms with Gasteiger partial charge in [0.2, 0.25) is 5.79 Å². The van der Waals surface area contributed by atoms with Gasteiger partial charge in [-0.3, -0.25) is 4.90 Å². The van der Waals surface area contributed by atoms with E-state index in [0.29, 0.717) is 52.6 Å². The van der Waals surface area contributed by atoms with Gasteiger partial charge in [-0.2, -0.15) is 0 Å². The van der Waals surface area contributed by atoms with E-state index in [1.165, 1.54) is 7.11 Å². The number of methoxy groups -OCH3 is 1. The summed E-state index contributed by atoms with van der Waals surface area (Å²) >= 11 is 19.4. The van der Waals surface area contributed by atoms with Crippen molar-refractivity contribution in [3.8, 4) is 5.75 Å². The van der Waals surface area contributed by atoms with Crippen molar-refractivity contribution in [2.24, 2.45) is 0 Å². The van der Waals surface area contributed by atoms with Crippen molar-refractivity contribution in [2.75, 3.05) is 46.5 Å². The first-order chi connectivity index (χ1) is 19.3. The Kier molecular flexibility index (Phi) is 9.09. The lowest BCUT2D eigenvalue weighted by atomic mass is 10.1. The molecule has 2 fully saturated rings. The topological polar surface area (TPSA) is 78.3 Å². The Morgan fingerprint density at radius 3 is 2.60 bits per heavy atom. The first-order valence-electron chi connectivity index (χ1n) is 13.0. The molecule has 5 rings (SSSR count). The molecule has 3 aromatic rings. The molecule has 214 valence electrons. The minimum absolute atomic E-state index is 0.242. The largest absolute Gasteiger partial charge is 0.489 e. The minimum atomic E-state index is -1.13. The second-order valence-corrected chi connectivity index (χ2v) is 11.2. The molecule has 2 aliphatic heterocycles. The molecule has 40 heavy (non-hydrogen) atoms. The zero-order valence-electron chi connectivity index (χ0n) is 22.3. The maximum absolute atomic E-state index is 11.7. The van der Waals surface area contributed by atoms with E-state index >= 15 is 0 Å². The highest BCUT2D eigenvalue weighted by Gasteiger charge is 2.45. The molecule has 0 N–H and O–H groups in total. The van der Waals surface area contributed by atoms with Gasteiger partial charge in [0.1, 0.15) is 18.5 Å². The summed E-state index contributed by atoms with van der Waals surface area (Å²) in [4.78, 5) is 19.9. The van der Waals surface area contributed by atoms with Crippen molar-refractivity contribution in [3.63, 3.8) is 0 Å². The number of carbonyl (C=O) groups excluding carboxylic acids is 1. The lowest BCUT2D eigenvalue weighted by Gasteiger charge is -2.33. The number of amides is 1. The fourth-order valence-corrected chi connectivity index (χ4v) is 6.00. The third-order valence-corrected chi connectivity index (χ3v) is 7.89. The average molecular weight is 610 g/mol. The van der Waals surface area contributed by atoms with Gasteiger partial charge in [-0.15, -0.1) is 0 Å². The van der Waals surface area contributed by atoms with E-state index in [4.69, 9.17) is 53.8 Å². The van der Waals surface area contributed by atoms with Gasteiger partial charge in [0.25, 0.3) is 0 Å². The van der Waals surface area contributed by atoms with Gasteiger partial charge in [-0.25, -0.2) is 9.78 Å². The highest BCUT2D eigenvalue weighted by molar-refractivity contribution is 6.35. The van der Waals surface area contributed by atoms with Crippen LogP contribution in [0.5, 0.6) is 5.75 Å². The fraction of sp³-hybridized carbons (Fsp3) is 0.429. The Morgan fingerprint density at radius 2 is 1.93 bits per heavy atom. The Hall–Kier alpha value is -2.53. The second kappa shape index (κ2) is 12.5. The molecule has 12 heteroatoms. The van der Waals surface area contributed by atoms with Crippen LogP contribution >= 0.6 is 34.8 Å². The number of nitrogens with zero attached hydrogens (tertiary/aromatic N) is 4. The van der Waals surface area contributed by atoms with E-state index in [1.54, 1.807) is 29.6 Å². The second-order valence-electron chi connectivity index (χ2n) is 9.93. The molecule has 3 heterocycles. The number of ether oxygens (including phenoxy) is 4. The van der Waals surface area contributed by atoms with Gasteiger partial charge in [0.05, 0.1) is 36.6 Å². The maximum atomic E-state index is 11.7. The summed E-state index contributed by atoms with van der Waals surface area (Å²) in [5.74, 6) is -0.516. The number of benzene rings is 2. The Bertz CT molecular complexity index is 1310. The molecule has 0 saturated carbocycles. The lowest BCUT2D eigenvalue weighted by molar-refractivity contribution is -0.189. The monoisotopic (exact) mass is 608 g/mol. The van der Waals surface area contributed by atoms with Crippen molar-refractivity contribution >= 4 is 40.9 Å². The van der Waals surface area contributed by atoms with E-state index in [2.05, 4.69) is 16.0 Å². The van der Waals surface area contributed by atoms with E-state index in [-0.39, 0.29) is 18.8 Å². The number of aryl methyl sites for hydroxylation is 1. The van der Waals surface area contributed by atoms with E-state index in [1.807, 2.05) is 29.8 Å². The predicted molar refractivity (Wildman–Crippen MR) is 152 cm³/mol. The van der Waals surface area contributed by atoms with Crippen LogP contribution < -0.4 is 4.74 Å². The third-order valence-electron chi connectivity index (χ3n) is 7.06. The number of carbonyl (C=O) groups is 1. The predicted octanol–water partition coefficient (Wildman–Crippen LogP) is 5.38. The zero-order chi connectivity index (χ0) is 28.3. The molecule has 1 amide bonds. The van der Waals surface area contributed by atoms with Crippen LogP contribution in [0, 0.1) is 6.92 Å². The van der Waals surface area contributed by atoms with E-state index in [9.17, 15) is 4.79 Å². The Balaban J connectivity index is 1.23. The molecular formula is C28H31Cl3N4O5. The minimum Gasteiger partial charge on any atom is -0.489 e. The highest BCUT2D eigenvalue weighted by atomic mass is 35.5. The molecule has 0 bridgehead atoms. The SMILES string of the molecule is COC(=O)N1CCN(Cc2cc(C)c(OCC3COC(Cn4ccnc4)(c4ccc(Cl)cc4Cl)O3)c(Cl)c2)CC1. The van der Waals surface area contributed by atoms with Crippen LogP contribution in [-0.4, -0.2) is 78.1 Å². The van der Waals surface area contributed by atoms with Gasteiger partial charge < -0.3 is 28.4 Å². The molecule has 0 aliphatic carbocycles.